The van der Waals surface area contributed by atoms with Gasteiger partial charge in [-0.1, -0.05) is 6.07 Å². The number of hydrogen-bond donors (Lipinski definition) is 2. The van der Waals surface area contributed by atoms with E-state index in [0.29, 0.717) is 12.0 Å². The number of rotatable bonds is 4. The number of pyridine rings is 1. The van der Waals surface area contributed by atoms with Crippen LogP contribution in [0.25, 0.3) is 11.5 Å². The molecule has 1 aliphatic carbocycles. The van der Waals surface area contributed by atoms with E-state index in [2.05, 4.69) is 34.3 Å². The van der Waals surface area contributed by atoms with Crippen molar-refractivity contribution in [3.8, 4) is 11.5 Å². The van der Waals surface area contributed by atoms with Gasteiger partial charge in [0.1, 0.15) is 11.5 Å². The fourth-order valence-electron chi connectivity index (χ4n) is 3.28. The molecule has 1 saturated heterocycles. The molecule has 5 heteroatoms. The van der Waals surface area contributed by atoms with Gasteiger partial charge in [0.25, 0.3) is 0 Å². The van der Waals surface area contributed by atoms with E-state index in [1.54, 1.807) is 0 Å². The Labute approximate surface area is 131 Å². The van der Waals surface area contributed by atoms with Gasteiger partial charge < -0.3 is 15.2 Å². The lowest BCUT2D eigenvalue weighted by molar-refractivity contribution is 0.616. The average Bonchev–Trinajstić information content (AvgIpc) is 3.13. The van der Waals surface area contributed by atoms with Crippen LogP contribution in [0.15, 0.2) is 18.2 Å². The van der Waals surface area contributed by atoms with Crippen LogP contribution >= 0.6 is 0 Å². The molecule has 1 saturated carbocycles. The topological polar surface area (TPSA) is 56.8 Å². The zero-order valence-electron chi connectivity index (χ0n) is 13.3. The van der Waals surface area contributed by atoms with Crippen LogP contribution in [0.2, 0.25) is 0 Å². The summed E-state index contributed by atoms with van der Waals surface area (Å²) in [6, 6.07) is 6.79. The summed E-state index contributed by atoms with van der Waals surface area (Å²) in [5.41, 5.74) is 3.38. The van der Waals surface area contributed by atoms with Crippen molar-refractivity contribution in [1.29, 1.82) is 0 Å². The first kappa shape index (κ1) is 13.8. The van der Waals surface area contributed by atoms with E-state index >= 15 is 0 Å². The predicted octanol–water partition coefficient (Wildman–Crippen LogP) is 2.46. The number of H-pyrrole nitrogens is 1. The second kappa shape index (κ2) is 5.39. The molecule has 1 atom stereocenters. The number of nitrogens with zero attached hydrogens (tertiary/aromatic N) is 3. The van der Waals surface area contributed by atoms with Gasteiger partial charge in [-0.2, -0.15) is 0 Å². The number of aryl methyl sites for hydroxylation is 1. The quantitative estimate of drug-likeness (QED) is 0.910. The van der Waals surface area contributed by atoms with Crippen molar-refractivity contribution < 1.29 is 0 Å². The van der Waals surface area contributed by atoms with Crippen molar-refractivity contribution in [2.75, 3.05) is 25.0 Å². The minimum atomic E-state index is 0.567. The molecule has 0 bridgehead atoms. The van der Waals surface area contributed by atoms with E-state index in [0.717, 1.165) is 30.4 Å². The minimum absolute atomic E-state index is 0.567. The summed E-state index contributed by atoms with van der Waals surface area (Å²) in [5.74, 6) is 2.63. The molecule has 2 aromatic heterocycles. The summed E-state index contributed by atoms with van der Waals surface area (Å²) >= 11 is 0. The lowest BCUT2D eigenvalue weighted by atomic mass is 10.2. The van der Waals surface area contributed by atoms with Crippen molar-refractivity contribution in [3.05, 3.63) is 29.6 Å². The largest absolute Gasteiger partial charge is 0.355 e. The van der Waals surface area contributed by atoms with E-state index in [9.17, 15) is 0 Å². The molecule has 2 fully saturated rings. The number of hydrogen-bond acceptors (Lipinski definition) is 4. The highest BCUT2D eigenvalue weighted by atomic mass is 15.2. The van der Waals surface area contributed by atoms with Gasteiger partial charge in [-0.05, 0) is 45.4 Å². The molecule has 2 aliphatic rings. The molecule has 3 heterocycles. The van der Waals surface area contributed by atoms with Gasteiger partial charge in [-0.3, -0.25) is 0 Å². The highest BCUT2D eigenvalue weighted by molar-refractivity contribution is 5.56. The first-order valence-electron chi connectivity index (χ1n) is 8.20. The molecular weight excluding hydrogens is 274 g/mol. The number of nitrogens with one attached hydrogen (secondary N) is 2. The minimum Gasteiger partial charge on any atom is -0.355 e. The summed E-state index contributed by atoms with van der Waals surface area (Å²) in [6.07, 6.45) is 3.73. The Morgan fingerprint density at radius 1 is 1.23 bits per heavy atom. The predicted molar refractivity (Wildman–Crippen MR) is 88.2 cm³/mol. The van der Waals surface area contributed by atoms with Crippen LogP contribution in [-0.2, 0) is 0 Å². The molecule has 2 N–H and O–H groups in total. The Hall–Kier alpha value is -1.88. The number of likely N-dealkylation sites (N-methyl/N-ethyl adjacent to an activating group) is 1. The zero-order valence-corrected chi connectivity index (χ0v) is 13.3. The Balaban J connectivity index is 1.60. The third-order valence-corrected chi connectivity index (χ3v) is 4.78. The van der Waals surface area contributed by atoms with Gasteiger partial charge >= 0.3 is 0 Å². The van der Waals surface area contributed by atoms with Crippen molar-refractivity contribution in [1.82, 2.24) is 20.3 Å². The van der Waals surface area contributed by atoms with Crippen LogP contribution in [0.4, 0.5) is 5.82 Å². The van der Waals surface area contributed by atoms with Crippen LogP contribution in [0, 0.1) is 6.92 Å². The van der Waals surface area contributed by atoms with Crippen LogP contribution < -0.4 is 10.2 Å². The Morgan fingerprint density at radius 2 is 2.09 bits per heavy atom. The molecule has 0 amide bonds. The van der Waals surface area contributed by atoms with Gasteiger partial charge in [0, 0.05) is 30.7 Å². The molecule has 4 rings (SSSR count). The van der Waals surface area contributed by atoms with E-state index in [-0.39, 0.29) is 0 Å². The number of anilines is 1. The molecule has 1 aliphatic heterocycles. The Kier molecular flexibility index (Phi) is 3.37. The van der Waals surface area contributed by atoms with Gasteiger partial charge in [0.15, 0.2) is 5.82 Å². The molecule has 5 nitrogen and oxygen atoms in total. The van der Waals surface area contributed by atoms with Crippen molar-refractivity contribution >= 4 is 5.82 Å². The van der Waals surface area contributed by atoms with E-state index in [4.69, 9.17) is 9.97 Å². The molecular formula is C17H23N5. The molecule has 1 unspecified atom stereocenters. The van der Waals surface area contributed by atoms with Crippen LogP contribution in [0.3, 0.4) is 0 Å². The maximum atomic E-state index is 4.83. The lowest BCUT2D eigenvalue weighted by Crippen LogP contribution is -2.29. The molecule has 2 aromatic rings. The number of imidazole rings is 1. The van der Waals surface area contributed by atoms with E-state index < -0.39 is 0 Å². The average molecular weight is 297 g/mol. The third-order valence-electron chi connectivity index (χ3n) is 4.78. The number of aromatic amines is 1. The lowest BCUT2D eigenvalue weighted by Gasteiger charge is -2.17. The summed E-state index contributed by atoms with van der Waals surface area (Å²) in [5, 5.41) is 3.35. The van der Waals surface area contributed by atoms with Crippen molar-refractivity contribution in [2.45, 2.75) is 38.1 Å². The summed E-state index contributed by atoms with van der Waals surface area (Å²) in [6.45, 7) is 4.20. The van der Waals surface area contributed by atoms with Gasteiger partial charge in [0.05, 0.1) is 5.69 Å². The highest BCUT2D eigenvalue weighted by Gasteiger charge is 2.28. The number of aromatic nitrogens is 3. The van der Waals surface area contributed by atoms with Crippen LogP contribution in [0.1, 0.15) is 36.6 Å². The fraction of sp³-hybridized carbons (Fsp3) is 0.529. The smallest absolute Gasteiger partial charge is 0.156 e. The molecule has 0 aromatic carbocycles. The van der Waals surface area contributed by atoms with E-state index in [1.165, 1.54) is 30.7 Å². The monoisotopic (exact) mass is 297 g/mol. The van der Waals surface area contributed by atoms with Crippen molar-refractivity contribution in [2.24, 2.45) is 0 Å². The van der Waals surface area contributed by atoms with Crippen LogP contribution in [-0.4, -0.2) is 41.1 Å². The normalized spacial score (nSPS) is 21.5. The first-order valence-corrected chi connectivity index (χ1v) is 8.20. The van der Waals surface area contributed by atoms with Gasteiger partial charge in [-0.25, -0.2) is 9.97 Å². The molecule has 116 valence electrons. The second-order valence-corrected chi connectivity index (χ2v) is 6.47. The molecule has 22 heavy (non-hydrogen) atoms. The first-order chi connectivity index (χ1) is 10.7. The summed E-state index contributed by atoms with van der Waals surface area (Å²) < 4.78 is 0. The maximum Gasteiger partial charge on any atom is 0.156 e. The fourth-order valence-corrected chi connectivity index (χ4v) is 3.28. The summed E-state index contributed by atoms with van der Waals surface area (Å²) in [7, 11) is 2.03. The summed E-state index contributed by atoms with van der Waals surface area (Å²) in [4.78, 5) is 15.4. The zero-order chi connectivity index (χ0) is 15.1. The SMILES string of the molecule is CNC1CCN(c2cccc(-c3nc(C4CC4)c(C)[nH]3)n2)C1. The standard InChI is InChI=1S/C17H23N5/c1-11-16(12-6-7-12)21-17(19-11)14-4-3-5-15(20-14)22-9-8-13(10-22)18-2/h3-5,12-13,18H,6-10H2,1-2H3,(H,19,21). The highest BCUT2D eigenvalue weighted by Crippen LogP contribution is 2.41. The van der Waals surface area contributed by atoms with Crippen molar-refractivity contribution in [3.63, 3.8) is 0 Å². The Morgan fingerprint density at radius 3 is 2.82 bits per heavy atom. The Bertz CT molecular complexity index is 673. The third kappa shape index (κ3) is 2.50. The van der Waals surface area contributed by atoms with E-state index in [1.807, 2.05) is 13.1 Å². The molecule has 0 radical (unpaired) electrons. The second-order valence-electron chi connectivity index (χ2n) is 6.47. The van der Waals surface area contributed by atoms with Gasteiger partial charge in [0.2, 0.25) is 0 Å². The van der Waals surface area contributed by atoms with Crippen LogP contribution in [0.5, 0.6) is 0 Å². The van der Waals surface area contributed by atoms with Gasteiger partial charge in [-0.15, -0.1) is 0 Å². The maximum absolute atomic E-state index is 4.83. The molecule has 0 spiro atoms.